The Hall–Kier alpha value is -4.44. The Morgan fingerprint density at radius 1 is 1.00 bits per heavy atom. The minimum Gasteiger partial charge on any atom is -0.493 e. The van der Waals surface area contributed by atoms with E-state index >= 15 is 0 Å². The molecule has 1 aliphatic rings. The van der Waals surface area contributed by atoms with Crippen LogP contribution in [0.15, 0.2) is 71.3 Å². The number of ether oxygens (including phenoxy) is 4. The van der Waals surface area contributed by atoms with Crippen molar-refractivity contribution in [2.75, 3.05) is 40.1 Å². The van der Waals surface area contributed by atoms with Crippen molar-refractivity contribution in [2.24, 2.45) is 0 Å². The van der Waals surface area contributed by atoms with E-state index in [-0.39, 0.29) is 38.3 Å². The van der Waals surface area contributed by atoms with Crippen LogP contribution in [0.3, 0.4) is 0 Å². The zero-order valence-electron chi connectivity index (χ0n) is 25.4. The zero-order chi connectivity index (χ0) is 30.2. The van der Waals surface area contributed by atoms with Crippen molar-refractivity contribution >= 4 is 22.9 Å². The lowest BCUT2D eigenvalue weighted by Crippen LogP contribution is -2.55. The lowest BCUT2D eigenvalue weighted by Gasteiger charge is -2.42. The summed E-state index contributed by atoms with van der Waals surface area (Å²) < 4.78 is 42.1. The van der Waals surface area contributed by atoms with Gasteiger partial charge in [0.2, 0.25) is 6.73 Å². The molecule has 1 saturated heterocycles. The highest BCUT2D eigenvalue weighted by atomic mass is 19.1. The normalized spacial score (nSPS) is 17.8. The number of carbonyl (C=O) groups is 2. The fourth-order valence-corrected chi connectivity index (χ4v) is 5.57. The number of aromatic nitrogens is 1. The Balaban J connectivity index is 0.00000442. The lowest BCUT2D eigenvalue weighted by molar-refractivity contribution is -0.948. The van der Waals surface area contributed by atoms with Gasteiger partial charge in [0.1, 0.15) is 12.4 Å². The van der Waals surface area contributed by atoms with Crippen molar-refractivity contribution in [3.05, 3.63) is 96.8 Å². The summed E-state index contributed by atoms with van der Waals surface area (Å²) in [5.74, 6) is 0.797. The smallest absolute Gasteiger partial charge is 0.493 e. The number of quaternary nitrogens is 1. The number of nitrogens with zero attached hydrogens (tertiary/aromatic N) is 2. The summed E-state index contributed by atoms with van der Waals surface area (Å²) >= 11 is 0. The van der Waals surface area contributed by atoms with Gasteiger partial charge in [-0.3, -0.25) is 9.28 Å². The van der Waals surface area contributed by atoms with Crippen molar-refractivity contribution < 1.29 is 41.9 Å². The quantitative estimate of drug-likeness (QED) is 0.0554. The van der Waals surface area contributed by atoms with Gasteiger partial charge in [-0.25, -0.2) is 9.18 Å². The summed E-state index contributed by atoms with van der Waals surface area (Å²) in [7, 11) is 1.54. The number of piperidine rings is 1. The molecule has 3 aromatic carbocycles. The van der Waals surface area contributed by atoms with Crippen LogP contribution in [-0.4, -0.2) is 61.7 Å². The molecule has 1 aromatic heterocycles. The van der Waals surface area contributed by atoms with E-state index in [1.165, 1.54) is 19.1 Å². The minimum atomic E-state index is -0.709. The van der Waals surface area contributed by atoms with Crippen molar-refractivity contribution in [3.8, 4) is 11.5 Å². The highest BCUT2D eigenvalue weighted by Gasteiger charge is 2.37. The molecule has 4 aromatic rings. The highest BCUT2D eigenvalue weighted by molar-refractivity contribution is 5.94. The van der Waals surface area contributed by atoms with E-state index in [9.17, 15) is 14.0 Å². The average Bonchev–Trinajstić information content (AvgIpc) is 3.45. The molecular weight excluding hydrogens is 567 g/mol. The Labute approximate surface area is 257 Å². The summed E-state index contributed by atoms with van der Waals surface area (Å²) in [5, 5.41) is 5.09. The molecule has 0 aliphatic carbocycles. The van der Waals surface area contributed by atoms with E-state index in [2.05, 4.69) is 5.16 Å². The summed E-state index contributed by atoms with van der Waals surface area (Å²) in [4.78, 5) is 24.2. The monoisotopic (exact) mass is 606 g/mol. The summed E-state index contributed by atoms with van der Waals surface area (Å²) in [5.41, 5.74) is 2.71. The topological polar surface area (TPSA) is 97.1 Å². The van der Waals surface area contributed by atoms with Gasteiger partial charge in [-0.15, -0.1) is 0 Å². The molecule has 0 amide bonds. The van der Waals surface area contributed by atoms with E-state index in [4.69, 9.17) is 23.5 Å². The molecule has 44 heavy (non-hydrogen) atoms. The predicted octanol–water partition coefficient (Wildman–Crippen LogP) is 7.10. The van der Waals surface area contributed by atoms with Crippen LogP contribution < -0.4 is 9.47 Å². The number of halogens is 1. The molecule has 1 aliphatic heterocycles. The zero-order valence-corrected chi connectivity index (χ0v) is 25.4. The largest absolute Gasteiger partial charge is 0.512 e. The minimum absolute atomic E-state index is 0. The number of methoxy groups -OCH3 is 1. The van der Waals surface area contributed by atoms with Crippen LogP contribution in [0.1, 0.15) is 53.7 Å². The molecule has 0 N–H and O–H groups in total. The Morgan fingerprint density at radius 3 is 2.50 bits per heavy atom. The molecule has 0 unspecified atom stereocenters. The predicted molar refractivity (Wildman–Crippen MR) is 163 cm³/mol. The summed E-state index contributed by atoms with van der Waals surface area (Å²) in [6.45, 7) is 4.41. The van der Waals surface area contributed by atoms with Crippen molar-refractivity contribution in [1.29, 1.82) is 0 Å². The fourth-order valence-electron chi connectivity index (χ4n) is 5.57. The number of rotatable bonds is 12. The molecular formula is C34H39FN2O7. The maximum Gasteiger partial charge on any atom is 0.512 e. The molecule has 0 bridgehead atoms. The van der Waals surface area contributed by atoms with Gasteiger partial charge in [0.25, 0.3) is 0 Å². The van der Waals surface area contributed by atoms with Gasteiger partial charge in [-0.1, -0.05) is 35.5 Å². The van der Waals surface area contributed by atoms with Crippen molar-refractivity contribution in [2.45, 2.75) is 38.7 Å². The van der Waals surface area contributed by atoms with E-state index in [0.29, 0.717) is 46.7 Å². The lowest BCUT2D eigenvalue weighted by atomic mass is 9.90. The first kappa shape index (κ1) is 32.5. The third kappa shape index (κ3) is 7.93. The summed E-state index contributed by atoms with van der Waals surface area (Å²) in [6, 6.07) is 19.1. The number of fused-ring (bicyclic) bond motifs is 1. The molecule has 10 heteroatoms. The van der Waals surface area contributed by atoms with Crippen molar-refractivity contribution in [1.82, 2.24) is 5.16 Å². The maximum absolute atomic E-state index is 13.7. The molecule has 0 atom stereocenters. The SMILES string of the molecule is COc1cc(C(C)=O)ccc1OCCC[N+]1(COC(=O)OCc2ccccc2)CCC(c2noc3cc(F)ccc23)CC1.[CH3-]. The van der Waals surface area contributed by atoms with Gasteiger partial charge in [0.15, 0.2) is 22.9 Å². The van der Waals surface area contributed by atoms with Gasteiger partial charge >= 0.3 is 6.16 Å². The van der Waals surface area contributed by atoms with E-state index < -0.39 is 6.16 Å². The number of likely N-dealkylation sites (tertiary alicyclic amines) is 1. The molecule has 1 fully saturated rings. The van der Waals surface area contributed by atoms with Crippen LogP contribution in [0.25, 0.3) is 11.0 Å². The molecule has 0 radical (unpaired) electrons. The first-order valence-electron chi connectivity index (χ1n) is 14.4. The fraction of sp³-hybridized carbons (Fsp3) is 0.353. The first-order chi connectivity index (χ1) is 20.9. The molecule has 5 rings (SSSR count). The van der Waals surface area contributed by atoms with Crippen LogP contribution in [0.4, 0.5) is 9.18 Å². The average molecular weight is 607 g/mol. The van der Waals surface area contributed by atoms with E-state index in [1.54, 1.807) is 31.4 Å². The first-order valence-corrected chi connectivity index (χ1v) is 14.4. The third-order valence-electron chi connectivity index (χ3n) is 8.01. The number of benzene rings is 3. The van der Waals surface area contributed by atoms with Gasteiger partial charge in [-0.05, 0) is 42.8 Å². The number of ketones is 1. The molecule has 2 heterocycles. The summed E-state index contributed by atoms with van der Waals surface area (Å²) in [6.07, 6.45) is 1.57. The van der Waals surface area contributed by atoms with E-state index in [0.717, 1.165) is 42.6 Å². The molecule has 234 valence electrons. The van der Waals surface area contributed by atoms with Crippen LogP contribution >= 0.6 is 0 Å². The Kier molecular flexibility index (Phi) is 10.9. The Bertz CT molecular complexity index is 1550. The van der Waals surface area contributed by atoms with Gasteiger partial charge in [0.05, 0.1) is 39.0 Å². The standard InChI is InChI=1S/C33H36FN2O7.CH3/c1-23(37)26-9-12-29(31(19-26)39-2)40-18-6-15-36(22-42-33(38)41-21-24-7-4-3-5-8-24)16-13-25(14-17-36)32-28-11-10-27(34)20-30(28)43-35-32;/h3-5,7-12,19-20,25H,6,13-18,21-22H2,1-2H3;1H3/q+1;-1. The maximum atomic E-state index is 13.7. The third-order valence-corrected chi connectivity index (χ3v) is 8.01. The number of carbonyl (C=O) groups excluding carboxylic acids is 2. The number of hydrogen-bond donors (Lipinski definition) is 0. The molecule has 0 saturated carbocycles. The van der Waals surface area contributed by atoms with Crippen LogP contribution in [-0.2, 0) is 16.1 Å². The van der Waals surface area contributed by atoms with Crippen LogP contribution in [0.5, 0.6) is 11.5 Å². The number of hydrogen-bond acceptors (Lipinski definition) is 8. The molecule has 9 nitrogen and oxygen atoms in total. The highest BCUT2D eigenvalue weighted by Crippen LogP contribution is 2.35. The van der Waals surface area contributed by atoms with E-state index in [1.807, 2.05) is 30.3 Å². The Morgan fingerprint density at radius 2 is 1.77 bits per heavy atom. The second-order valence-corrected chi connectivity index (χ2v) is 10.9. The number of Topliss-reactive ketones (excluding diaryl/α,β-unsaturated/α-hetero) is 1. The van der Waals surface area contributed by atoms with Gasteiger partial charge in [-0.2, -0.15) is 0 Å². The van der Waals surface area contributed by atoms with Crippen molar-refractivity contribution in [3.63, 3.8) is 0 Å². The molecule has 0 spiro atoms. The van der Waals surface area contributed by atoms with Crippen LogP contribution in [0.2, 0.25) is 0 Å². The van der Waals surface area contributed by atoms with Crippen LogP contribution in [0, 0.1) is 13.2 Å². The van der Waals surface area contributed by atoms with Gasteiger partial charge in [0, 0.05) is 42.2 Å². The second kappa shape index (κ2) is 14.8. The second-order valence-electron chi connectivity index (χ2n) is 10.9. The van der Waals surface area contributed by atoms with Gasteiger partial charge < -0.3 is 30.9 Å².